The highest BCUT2D eigenvalue weighted by Gasteiger charge is 2.22. The molecule has 0 aromatic rings. The van der Waals surface area contributed by atoms with Crippen molar-refractivity contribution in [3.8, 4) is 0 Å². The maximum absolute atomic E-state index is 11.1. The van der Waals surface area contributed by atoms with Crippen LogP contribution in [0.25, 0.3) is 0 Å². The van der Waals surface area contributed by atoms with Crippen LogP contribution in [-0.4, -0.2) is 40.2 Å². The van der Waals surface area contributed by atoms with Gasteiger partial charge in [-0.05, 0) is 41.5 Å². The molecule has 0 saturated heterocycles. The molecule has 0 aliphatic heterocycles. The first-order chi connectivity index (χ1) is 8.26. The second-order valence-electron chi connectivity index (χ2n) is 5.84. The number of aliphatic carboxylic acids is 1. The van der Waals surface area contributed by atoms with Gasteiger partial charge in [0, 0.05) is 11.4 Å². The van der Waals surface area contributed by atoms with Gasteiger partial charge in [0.05, 0.1) is 0 Å². The molecule has 0 unspecified atom stereocenters. The summed E-state index contributed by atoms with van der Waals surface area (Å²) in [5.41, 5.74) is 4.48. The van der Waals surface area contributed by atoms with E-state index in [2.05, 4.69) is 5.32 Å². The number of carboxylic acids is 1. The summed E-state index contributed by atoms with van der Waals surface area (Å²) in [5.74, 6) is -1.18. The Balaban J connectivity index is 0. The summed E-state index contributed by atoms with van der Waals surface area (Å²) >= 11 is 5.53. The third-order valence-corrected chi connectivity index (χ3v) is 1.22. The molecule has 0 bridgehead atoms. The number of hydrogen-bond donors (Lipinski definition) is 3. The number of rotatable bonds is 3. The number of carbonyl (C=O) groups excluding carboxylic acids is 1. The number of nitrogens with one attached hydrogen (secondary N) is 1. The maximum Gasteiger partial charge on any atom is 0.408 e. The van der Waals surface area contributed by atoms with Gasteiger partial charge in [0.25, 0.3) is 0 Å². The standard InChI is InChI=1S/C8H16N2O4.C4H9Cl/c1-8(2,3)14-7(13)10-5(4-9)6(11)12;1-4(2,3)5/h5H,4,9H2,1-3H3,(H,10,13)(H,11,12);1-3H3/t5-;/m0./s1. The quantitative estimate of drug-likeness (QED) is 0.691. The number of ether oxygens (including phenoxy) is 1. The molecule has 0 heterocycles. The van der Waals surface area contributed by atoms with Gasteiger partial charge in [-0.1, -0.05) is 0 Å². The molecule has 0 aromatic carbocycles. The highest BCUT2D eigenvalue weighted by molar-refractivity contribution is 6.23. The van der Waals surface area contributed by atoms with Crippen molar-refractivity contribution in [3.63, 3.8) is 0 Å². The summed E-state index contributed by atoms with van der Waals surface area (Å²) < 4.78 is 4.85. The molecule has 0 fully saturated rings. The van der Waals surface area contributed by atoms with Crippen LogP contribution in [-0.2, 0) is 9.53 Å². The average molecular weight is 297 g/mol. The normalized spacial score (nSPS) is 12.8. The molecular weight excluding hydrogens is 272 g/mol. The number of alkyl halides is 1. The fourth-order valence-corrected chi connectivity index (χ4v) is 0.671. The molecular formula is C12H25ClN2O4. The minimum Gasteiger partial charge on any atom is -0.480 e. The number of hydrogen-bond acceptors (Lipinski definition) is 4. The lowest BCUT2D eigenvalue weighted by molar-refractivity contribution is -0.139. The van der Waals surface area contributed by atoms with Crippen molar-refractivity contribution in [3.05, 3.63) is 0 Å². The van der Waals surface area contributed by atoms with Crippen molar-refractivity contribution < 1.29 is 19.4 Å². The molecule has 0 saturated carbocycles. The molecule has 4 N–H and O–H groups in total. The Morgan fingerprint density at radius 1 is 1.26 bits per heavy atom. The van der Waals surface area contributed by atoms with Crippen LogP contribution in [0, 0.1) is 0 Å². The zero-order valence-corrected chi connectivity index (χ0v) is 13.2. The van der Waals surface area contributed by atoms with E-state index < -0.39 is 23.7 Å². The second-order valence-corrected chi connectivity index (χ2v) is 6.97. The van der Waals surface area contributed by atoms with Crippen molar-refractivity contribution in [2.24, 2.45) is 5.73 Å². The Bertz CT molecular complexity index is 289. The van der Waals surface area contributed by atoms with E-state index in [1.165, 1.54) is 0 Å². The Labute approximate surface area is 119 Å². The smallest absolute Gasteiger partial charge is 0.408 e. The zero-order valence-electron chi connectivity index (χ0n) is 12.4. The Hall–Kier alpha value is -1.01. The average Bonchev–Trinajstić information content (AvgIpc) is 2.07. The van der Waals surface area contributed by atoms with Gasteiger partial charge >= 0.3 is 12.1 Å². The van der Waals surface area contributed by atoms with Crippen LogP contribution in [0.1, 0.15) is 41.5 Å². The van der Waals surface area contributed by atoms with Gasteiger partial charge in [0.15, 0.2) is 0 Å². The number of alkyl carbamates (subject to hydrolysis) is 1. The molecule has 1 atom stereocenters. The fraction of sp³-hybridized carbons (Fsp3) is 0.833. The highest BCUT2D eigenvalue weighted by Crippen LogP contribution is 2.08. The zero-order chi connectivity index (χ0) is 15.9. The van der Waals surface area contributed by atoms with Gasteiger partial charge in [0.2, 0.25) is 0 Å². The highest BCUT2D eigenvalue weighted by atomic mass is 35.5. The van der Waals surface area contributed by atoms with E-state index in [1.807, 2.05) is 20.8 Å². The maximum atomic E-state index is 11.1. The van der Waals surface area contributed by atoms with Crippen LogP contribution < -0.4 is 11.1 Å². The molecule has 7 heteroatoms. The molecule has 114 valence electrons. The van der Waals surface area contributed by atoms with E-state index >= 15 is 0 Å². The Morgan fingerprint density at radius 2 is 1.63 bits per heavy atom. The lowest BCUT2D eigenvalue weighted by atomic mass is 10.2. The van der Waals surface area contributed by atoms with E-state index in [0.29, 0.717) is 0 Å². The van der Waals surface area contributed by atoms with Crippen LogP contribution in [0.15, 0.2) is 0 Å². The Kier molecular flexibility index (Phi) is 8.79. The SMILES string of the molecule is CC(C)(C)Cl.CC(C)(C)OC(=O)N[C@@H](CN)C(=O)O. The first kappa shape index (κ1) is 20.3. The number of amides is 1. The van der Waals surface area contributed by atoms with Gasteiger partial charge in [-0.3, -0.25) is 0 Å². The second kappa shape index (κ2) is 8.22. The minimum atomic E-state index is -1.18. The summed E-state index contributed by atoms with van der Waals surface area (Å²) in [7, 11) is 0. The van der Waals surface area contributed by atoms with Gasteiger partial charge in [-0.15, -0.1) is 11.6 Å². The van der Waals surface area contributed by atoms with E-state index in [0.717, 1.165) is 0 Å². The van der Waals surface area contributed by atoms with Crippen LogP contribution >= 0.6 is 11.6 Å². The van der Waals surface area contributed by atoms with Crippen molar-refractivity contribution in [2.45, 2.75) is 58.1 Å². The van der Waals surface area contributed by atoms with Crippen molar-refractivity contribution in [2.75, 3.05) is 6.54 Å². The van der Waals surface area contributed by atoms with Gasteiger partial charge in [0.1, 0.15) is 11.6 Å². The number of halogens is 1. The molecule has 0 aliphatic carbocycles. The third-order valence-electron chi connectivity index (χ3n) is 1.22. The predicted octanol–water partition coefficient (Wildman–Crippen LogP) is 1.95. The van der Waals surface area contributed by atoms with Crippen molar-refractivity contribution in [1.82, 2.24) is 5.32 Å². The van der Waals surface area contributed by atoms with E-state index in [-0.39, 0.29) is 11.4 Å². The monoisotopic (exact) mass is 296 g/mol. The number of nitrogens with two attached hydrogens (primary N) is 1. The molecule has 19 heavy (non-hydrogen) atoms. The topological polar surface area (TPSA) is 102 Å². The predicted molar refractivity (Wildman–Crippen MR) is 75.5 cm³/mol. The van der Waals surface area contributed by atoms with Gasteiger partial charge in [-0.2, -0.15) is 0 Å². The summed E-state index contributed by atoms with van der Waals surface area (Å²) in [5, 5.41) is 10.7. The van der Waals surface area contributed by atoms with Crippen LogP contribution in [0.2, 0.25) is 0 Å². The molecule has 0 spiro atoms. The molecule has 0 aliphatic rings. The first-order valence-electron chi connectivity index (χ1n) is 5.87. The third kappa shape index (κ3) is 19.5. The minimum absolute atomic E-state index is 0.0278. The summed E-state index contributed by atoms with van der Waals surface area (Å²) in [4.78, 5) is 21.5. The molecule has 0 aromatic heterocycles. The van der Waals surface area contributed by atoms with E-state index in [1.54, 1.807) is 20.8 Å². The van der Waals surface area contributed by atoms with Crippen LogP contribution in [0.5, 0.6) is 0 Å². The van der Waals surface area contributed by atoms with Crippen molar-refractivity contribution >= 4 is 23.7 Å². The first-order valence-corrected chi connectivity index (χ1v) is 6.25. The lowest BCUT2D eigenvalue weighted by Crippen LogP contribution is -2.47. The lowest BCUT2D eigenvalue weighted by Gasteiger charge is -2.21. The van der Waals surface area contributed by atoms with Gasteiger partial charge in [-0.25, -0.2) is 9.59 Å². The molecule has 6 nitrogen and oxygen atoms in total. The largest absolute Gasteiger partial charge is 0.480 e. The van der Waals surface area contributed by atoms with Gasteiger partial charge < -0.3 is 20.9 Å². The molecule has 0 rings (SSSR count). The summed E-state index contributed by atoms with van der Waals surface area (Å²) in [6, 6.07) is -1.11. The molecule has 1 amide bonds. The Morgan fingerprint density at radius 3 is 1.84 bits per heavy atom. The fourth-order valence-electron chi connectivity index (χ4n) is 0.671. The van der Waals surface area contributed by atoms with Crippen LogP contribution in [0.4, 0.5) is 4.79 Å². The summed E-state index contributed by atoms with van der Waals surface area (Å²) in [6.45, 7) is 10.7. The number of carboxylic acid groups (broad SMARTS) is 1. The van der Waals surface area contributed by atoms with E-state index in [4.69, 9.17) is 27.2 Å². The van der Waals surface area contributed by atoms with Crippen LogP contribution in [0.3, 0.4) is 0 Å². The number of carbonyl (C=O) groups is 2. The summed E-state index contributed by atoms with van der Waals surface area (Å²) in [6.07, 6.45) is -0.782. The van der Waals surface area contributed by atoms with Crippen molar-refractivity contribution in [1.29, 1.82) is 0 Å². The molecule has 0 radical (unpaired) electrons. The van der Waals surface area contributed by atoms with E-state index in [9.17, 15) is 9.59 Å².